The molecule has 2 fully saturated rings. The zero-order valence-electron chi connectivity index (χ0n) is 37.2. The summed E-state index contributed by atoms with van der Waals surface area (Å²) in [5.41, 5.74) is 0. The van der Waals surface area contributed by atoms with Crippen LogP contribution in [0.3, 0.4) is 0 Å². The van der Waals surface area contributed by atoms with E-state index in [-0.39, 0.29) is 130 Å². The van der Waals surface area contributed by atoms with E-state index in [2.05, 4.69) is 46.0 Å². The monoisotopic (exact) mass is 1430 g/mol. The number of cyclic esters (lactones) is 4. The summed E-state index contributed by atoms with van der Waals surface area (Å²) < 4.78 is 37.4. The van der Waals surface area contributed by atoms with Crippen molar-refractivity contribution in [1.29, 1.82) is 0 Å². The SMILES string of the molecule is C.C.C.C.C.C.C.C.C.CC.CC.CC1C=CC(=O)O1.CC1C=COC1=O.CCC.CCC1OC(=O)OC1C.CCCC.CCP(=O)(O)O.CCc1oc(=O)oc1C.O=C1CCCS1.[Re].[Rf]. The maximum absolute atomic E-state index is 10.4. The summed E-state index contributed by atoms with van der Waals surface area (Å²) in [5.74, 6) is 1.26. The number of hydrogen-bond donors (Lipinski definition) is 2. The van der Waals surface area contributed by atoms with Gasteiger partial charge in [0.2, 0.25) is 0 Å². The van der Waals surface area contributed by atoms with Crippen LogP contribution in [0.25, 0.3) is 0 Å². The van der Waals surface area contributed by atoms with Gasteiger partial charge < -0.3 is 37.6 Å². The minimum Gasteiger partial charge on any atom is -0.455 e. The van der Waals surface area contributed by atoms with E-state index in [9.17, 15) is 28.5 Å². The topological polar surface area (TPSA) is 206 Å². The van der Waals surface area contributed by atoms with Gasteiger partial charge in [0.1, 0.15) is 29.8 Å². The number of esters is 2. The van der Waals surface area contributed by atoms with Gasteiger partial charge in [-0.2, -0.15) is 0 Å². The third-order valence-corrected chi connectivity index (χ3v) is 7.88. The van der Waals surface area contributed by atoms with Gasteiger partial charge in [0.25, 0.3) is 0 Å². The number of aryl methyl sites for hydroxylation is 2. The molecule has 405 valence electrons. The standard InChI is InChI=1S/C6H10O3.C6H8O3.2C5H6O2.C4H6OS.C4H10.C3H8.C2H7O3P.2C2H6.9CH4.Re.Rf/c2*1-3-5-4(2)8-6(7)9-5;1-4-2-3-7-5(4)6;1-4-2-3-5(6)7-4;5-4-2-1-3-6-4;1-3-4-2;1-3-2;1-2-6(3,4)5;2*1-2;;;;;;;;;;;/h4-5H,3H2,1-2H3;3H2,1-2H3;2*2-4H,1H3;1-3H2;3-4H2,1-2H3;3H2,1-2H3;2H2,1H3,(H2,3,4,5);2*1-2H3;9*1H4;;. The summed E-state index contributed by atoms with van der Waals surface area (Å²) in [4.78, 5) is 67.2. The molecule has 5 rings (SSSR count). The van der Waals surface area contributed by atoms with Crippen molar-refractivity contribution < 1.29 is 81.7 Å². The van der Waals surface area contributed by atoms with Gasteiger partial charge in [-0.25, -0.2) is 14.4 Å². The normalized spacial score (nSPS) is 16.0. The van der Waals surface area contributed by atoms with E-state index in [0.717, 1.165) is 25.0 Å². The summed E-state index contributed by atoms with van der Waals surface area (Å²) >= 11 is 1.46. The first kappa shape index (κ1) is 109. The molecule has 14 nitrogen and oxygen atoms in total. The number of thioether (sulfide) groups is 1. The molecule has 4 atom stereocenters. The Labute approximate surface area is 420 Å². The Morgan fingerprint density at radius 1 is 0.727 bits per heavy atom. The zero-order chi connectivity index (χ0) is 44.0. The van der Waals surface area contributed by atoms with Crippen LogP contribution in [0.5, 0.6) is 0 Å². The molecular formula is C48H109O14PReRfS. The number of rotatable bonds is 4. The van der Waals surface area contributed by atoms with E-state index in [1.54, 1.807) is 26.0 Å². The molecule has 0 saturated carbocycles. The molecule has 1 aromatic heterocycles. The fraction of sp³-hybridized carbons (Fsp3) is 0.771. The third kappa shape index (κ3) is 72.1. The molecule has 4 unspecified atom stereocenters. The fourth-order valence-corrected chi connectivity index (χ4v) is 3.75. The van der Waals surface area contributed by atoms with Gasteiger partial charge in [0.05, 0.1) is 12.2 Å². The quantitative estimate of drug-likeness (QED) is 0.163. The molecule has 0 spiro atoms. The summed E-state index contributed by atoms with van der Waals surface area (Å²) in [6.07, 6.45) is 12.9. The zero-order valence-corrected chi connectivity index (χ0v) is 48.0. The smallest absolute Gasteiger partial charge is 0.455 e. The van der Waals surface area contributed by atoms with Crippen molar-refractivity contribution in [2.75, 3.05) is 11.9 Å². The average molecular weight is 1430 g/mol. The van der Waals surface area contributed by atoms with Crippen molar-refractivity contribution in [2.24, 2.45) is 5.92 Å². The Bertz CT molecular complexity index is 1270. The second kappa shape index (κ2) is 73.1. The molecule has 5 heterocycles. The van der Waals surface area contributed by atoms with Crippen LogP contribution in [0.4, 0.5) is 4.79 Å². The van der Waals surface area contributed by atoms with Gasteiger partial charge in [0.15, 0.2) is 5.12 Å². The average Bonchev–Trinajstić information content (AvgIpc) is 4.00. The molecule has 0 aliphatic carbocycles. The maximum atomic E-state index is 10.4. The number of carbonyl (C=O) groups excluding carboxylic acids is 4. The predicted molar refractivity (Wildman–Crippen MR) is 281 cm³/mol. The number of unbranched alkanes of at least 4 members (excludes halogenated alkanes) is 1. The number of ether oxygens (including phenoxy) is 4. The molecule has 4 aliphatic rings. The van der Waals surface area contributed by atoms with Crippen LogP contribution in [-0.4, -0.2) is 63.2 Å². The third-order valence-electron chi connectivity index (χ3n) is 6.04. The van der Waals surface area contributed by atoms with Crippen LogP contribution < -0.4 is 5.82 Å². The van der Waals surface area contributed by atoms with Gasteiger partial charge in [-0.1, -0.05) is 174 Å². The molecule has 1 radical (unpaired) electrons. The fourth-order valence-electron chi connectivity index (χ4n) is 2.95. The Hall–Kier alpha value is -3.47. The second-order valence-electron chi connectivity index (χ2n) is 11.0. The van der Waals surface area contributed by atoms with Crippen LogP contribution in [0.2, 0.25) is 0 Å². The summed E-state index contributed by atoms with van der Waals surface area (Å²) in [5, 5.41) is 0.370. The van der Waals surface area contributed by atoms with E-state index in [1.807, 2.05) is 55.4 Å². The predicted octanol–water partition coefficient (Wildman–Crippen LogP) is 15.8. The second-order valence-corrected chi connectivity index (χ2v) is 14.1. The van der Waals surface area contributed by atoms with Crippen LogP contribution in [-0.2, 0) is 64.7 Å². The van der Waals surface area contributed by atoms with Crippen molar-refractivity contribution in [1.82, 2.24) is 0 Å². The van der Waals surface area contributed by atoms with E-state index < -0.39 is 19.6 Å². The van der Waals surface area contributed by atoms with Crippen LogP contribution >= 0.6 is 19.4 Å². The molecular weight excluding hydrogens is 1320 g/mol. The Balaban J connectivity index is -0.0000000303. The van der Waals surface area contributed by atoms with Gasteiger partial charge in [-0.15, -0.1) is 0 Å². The number of carbonyl (C=O) groups is 4. The van der Waals surface area contributed by atoms with Crippen LogP contribution in [0, 0.1) is 12.8 Å². The first-order chi connectivity index (χ1) is 25.8. The van der Waals surface area contributed by atoms with E-state index in [1.165, 1.54) is 50.3 Å². The van der Waals surface area contributed by atoms with Crippen molar-refractivity contribution in [3.05, 3.63) is 46.6 Å². The molecule has 0 amide bonds. The Morgan fingerprint density at radius 3 is 1.27 bits per heavy atom. The van der Waals surface area contributed by atoms with Crippen molar-refractivity contribution in [3.8, 4) is 0 Å². The minimum atomic E-state index is -3.65. The minimum absolute atomic E-state index is 0. The summed E-state index contributed by atoms with van der Waals surface area (Å²) in [6, 6.07) is 0. The van der Waals surface area contributed by atoms with Gasteiger partial charge in [0, 0.05) is 51.3 Å². The van der Waals surface area contributed by atoms with E-state index in [0.29, 0.717) is 23.1 Å². The molecule has 2 saturated heterocycles. The summed E-state index contributed by atoms with van der Waals surface area (Å²) in [7, 11) is -3.65. The Morgan fingerprint density at radius 2 is 1.17 bits per heavy atom. The molecule has 66 heavy (non-hydrogen) atoms. The van der Waals surface area contributed by atoms with Crippen molar-refractivity contribution in [2.45, 2.75) is 234 Å². The first-order valence-corrected chi connectivity index (χ1v) is 22.1. The molecule has 0 aromatic carbocycles. The molecule has 0 bridgehead atoms. The number of hydrogen-bond acceptors (Lipinski definition) is 13. The van der Waals surface area contributed by atoms with E-state index in [4.69, 9.17) is 19.3 Å². The van der Waals surface area contributed by atoms with Crippen molar-refractivity contribution in [3.63, 3.8) is 0 Å². The molecule has 2 N–H and O–H groups in total. The van der Waals surface area contributed by atoms with Crippen LogP contribution in [0.1, 0.15) is 214 Å². The largest absolute Gasteiger partial charge is 0.519 e. The molecule has 18 heteroatoms. The van der Waals surface area contributed by atoms with Gasteiger partial charge in [-0.3, -0.25) is 14.2 Å². The van der Waals surface area contributed by atoms with Gasteiger partial charge >= 0.3 is 31.5 Å². The van der Waals surface area contributed by atoms with Crippen molar-refractivity contribution >= 4 is 42.6 Å². The summed E-state index contributed by atoms with van der Waals surface area (Å²) in [6.45, 7) is 29.1. The molecule has 4 aliphatic heterocycles. The van der Waals surface area contributed by atoms with Gasteiger partial charge in [-0.05, 0) is 52.7 Å². The first-order valence-electron chi connectivity index (χ1n) is 19.3. The van der Waals surface area contributed by atoms with E-state index >= 15 is 0 Å². The maximum Gasteiger partial charge on any atom is 0.519 e. The van der Waals surface area contributed by atoms with Crippen LogP contribution in [0.15, 0.2) is 38.1 Å². The molecule has 1 aromatic rings. The Kier molecular flexibility index (Phi) is 121.